The van der Waals surface area contributed by atoms with Crippen molar-refractivity contribution in [2.24, 2.45) is 11.8 Å². The van der Waals surface area contributed by atoms with Crippen molar-refractivity contribution in [1.82, 2.24) is 9.80 Å². The zero-order valence-electron chi connectivity index (χ0n) is 9.00. The molecular weight excluding hydrogens is 160 g/mol. The average Bonchev–Trinajstić information content (AvgIpc) is 2.30. The average molecular weight is 182 g/mol. The molecule has 0 aromatic carbocycles. The summed E-state index contributed by atoms with van der Waals surface area (Å²) in [6, 6.07) is 0. The maximum Gasteiger partial charge on any atom is 0.00129 e. The fourth-order valence-electron chi connectivity index (χ4n) is 2.65. The third-order valence-electron chi connectivity index (χ3n) is 3.64. The van der Waals surface area contributed by atoms with Gasteiger partial charge in [0, 0.05) is 13.1 Å². The Labute approximate surface area is 81.9 Å². The van der Waals surface area contributed by atoms with E-state index in [2.05, 4.69) is 23.9 Å². The highest BCUT2D eigenvalue weighted by molar-refractivity contribution is 4.91. The largest absolute Gasteiger partial charge is 0.309 e. The minimum atomic E-state index is 1.08. The molecule has 0 bridgehead atoms. The molecule has 2 fully saturated rings. The third-order valence-corrected chi connectivity index (χ3v) is 3.64. The van der Waals surface area contributed by atoms with E-state index in [1.807, 2.05) is 0 Å². The van der Waals surface area contributed by atoms with Crippen molar-refractivity contribution < 1.29 is 0 Å². The summed E-state index contributed by atoms with van der Waals surface area (Å²) in [6.45, 7) is 5.37. The molecule has 2 unspecified atom stereocenters. The molecule has 1 saturated carbocycles. The Morgan fingerprint density at radius 1 is 1.15 bits per heavy atom. The molecule has 1 saturated heterocycles. The summed E-state index contributed by atoms with van der Waals surface area (Å²) in [7, 11) is 4.32. The molecule has 0 aromatic rings. The number of hydrogen-bond donors (Lipinski definition) is 0. The van der Waals surface area contributed by atoms with E-state index < -0.39 is 0 Å². The molecular formula is C11H22N2. The topological polar surface area (TPSA) is 6.48 Å². The number of fused-ring (bicyclic) bond motifs is 1. The predicted octanol–water partition coefficient (Wildman–Crippen LogP) is 1.28. The van der Waals surface area contributed by atoms with Gasteiger partial charge in [0.05, 0.1) is 0 Å². The van der Waals surface area contributed by atoms with Crippen LogP contribution in [0.5, 0.6) is 0 Å². The zero-order chi connectivity index (χ0) is 9.26. The molecule has 1 aliphatic carbocycles. The van der Waals surface area contributed by atoms with Gasteiger partial charge in [-0.1, -0.05) is 0 Å². The summed E-state index contributed by atoms with van der Waals surface area (Å²) in [5, 5.41) is 0. The first-order valence-corrected chi connectivity index (χ1v) is 5.63. The molecule has 0 spiro atoms. The van der Waals surface area contributed by atoms with E-state index in [1.54, 1.807) is 0 Å². The molecule has 76 valence electrons. The third kappa shape index (κ3) is 2.23. The van der Waals surface area contributed by atoms with Crippen LogP contribution in [0.15, 0.2) is 0 Å². The van der Waals surface area contributed by atoms with Gasteiger partial charge in [-0.3, -0.25) is 0 Å². The fourth-order valence-corrected chi connectivity index (χ4v) is 2.65. The number of likely N-dealkylation sites (tertiary alicyclic amines) is 1. The predicted molar refractivity (Wildman–Crippen MR) is 55.8 cm³/mol. The van der Waals surface area contributed by atoms with Gasteiger partial charge in [-0.2, -0.15) is 0 Å². The maximum atomic E-state index is 2.67. The van der Waals surface area contributed by atoms with Crippen LogP contribution in [0.4, 0.5) is 0 Å². The van der Waals surface area contributed by atoms with Crippen LogP contribution in [-0.4, -0.2) is 50.1 Å². The first-order valence-electron chi connectivity index (χ1n) is 5.63. The van der Waals surface area contributed by atoms with Crippen molar-refractivity contribution in [3.05, 3.63) is 0 Å². The Morgan fingerprint density at radius 2 is 1.77 bits per heavy atom. The van der Waals surface area contributed by atoms with Crippen LogP contribution in [0.25, 0.3) is 0 Å². The minimum absolute atomic E-state index is 1.08. The zero-order valence-corrected chi connectivity index (χ0v) is 9.00. The molecule has 13 heavy (non-hydrogen) atoms. The van der Waals surface area contributed by atoms with Gasteiger partial charge in [-0.15, -0.1) is 0 Å². The van der Waals surface area contributed by atoms with Crippen molar-refractivity contribution in [3.63, 3.8) is 0 Å². The SMILES string of the molecule is CN(C)CCCN1CC2CCC2C1. The van der Waals surface area contributed by atoms with E-state index in [4.69, 9.17) is 0 Å². The molecule has 2 nitrogen and oxygen atoms in total. The van der Waals surface area contributed by atoms with Crippen LogP contribution in [-0.2, 0) is 0 Å². The first-order chi connectivity index (χ1) is 6.25. The Hall–Kier alpha value is -0.0800. The molecule has 2 rings (SSSR count). The summed E-state index contributed by atoms with van der Waals surface area (Å²) in [6.07, 6.45) is 4.36. The Bertz CT molecular complexity index is 155. The van der Waals surface area contributed by atoms with E-state index in [9.17, 15) is 0 Å². The Balaban J connectivity index is 1.61. The minimum Gasteiger partial charge on any atom is -0.309 e. The molecule has 2 atom stereocenters. The van der Waals surface area contributed by atoms with Crippen LogP contribution in [0.2, 0.25) is 0 Å². The van der Waals surface area contributed by atoms with Gasteiger partial charge >= 0.3 is 0 Å². The van der Waals surface area contributed by atoms with Gasteiger partial charge in [0.1, 0.15) is 0 Å². The number of nitrogens with zero attached hydrogens (tertiary/aromatic N) is 2. The van der Waals surface area contributed by atoms with Crippen LogP contribution in [0.3, 0.4) is 0 Å². The van der Waals surface area contributed by atoms with Crippen LogP contribution >= 0.6 is 0 Å². The molecule has 0 N–H and O–H groups in total. The van der Waals surface area contributed by atoms with E-state index in [0.717, 1.165) is 11.8 Å². The maximum absolute atomic E-state index is 2.67. The van der Waals surface area contributed by atoms with Gasteiger partial charge in [0.25, 0.3) is 0 Å². The highest BCUT2D eigenvalue weighted by Crippen LogP contribution is 2.40. The van der Waals surface area contributed by atoms with Gasteiger partial charge in [0.2, 0.25) is 0 Å². The lowest BCUT2D eigenvalue weighted by Crippen LogP contribution is -2.25. The van der Waals surface area contributed by atoms with E-state index >= 15 is 0 Å². The Morgan fingerprint density at radius 3 is 2.23 bits per heavy atom. The van der Waals surface area contributed by atoms with Crippen molar-refractivity contribution in [1.29, 1.82) is 0 Å². The van der Waals surface area contributed by atoms with Crippen molar-refractivity contribution >= 4 is 0 Å². The van der Waals surface area contributed by atoms with Crippen LogP contribution in [0, 0.1) is 11.8 Å². The van der Waals surface area contributed by atoms with Gasteiger partial charge in [0.15, 0.2) is 0 Å². The summed E-state index contributed by atoms with van der Waals surface area (Å²) in [5.74, 6) is 2.17. The second-order valence-corrected chi connectivity index (χ2v) is 5.01. The number of hydrogen-bond acceptors (Lipinski definition) is 2. The van der Waals surface area contributed by atoms with E-state index in [-0.39, 0.29) is 0 Å². The van der Waals surface area contributed by atoms with Crippen LogP contribution < -0.4 is 0 Å². The molecule has 0 aromatic heterocycles. The smallest absolute Gasteiger partial charge is 0.00129 e. The Kier molecular flexibility index (Phi) is 2.89. The van der Waals surface area contributed by atoms with Crippen LogP contribution in [0.1, 0.15) is 19.3 Å². The van der Waals surface area contributed by atoms with E-state index in [1.165, 1.54) is 45.4 Å². The number of rotatable bonds is 4. The second-order valence-electron chi connectivity index (χ2n) is 5.01. The highest BCUT2D eigenvalue weighted by atomic mass is 15.2. The summed E-state index contributed by atoms with van der Waals surface area (Å²) < 4.78 is 0. The summed E-state index contributed by atoms with van der Waals surface area (Å²) in [4.78, 5) is 4.95. The lowest BCUT2D eigenvalue weighted by Gasteiger charge is -2.28. The molecule has 1 aliphatic heterocycles. The summed E-state index contributed by atoms with van der Waals surface area (Å²) in [5.41, 5.74) is 0. The molecule has 2 heteroatoms. The highest BCUT2D eigenvalue weighted by Gasteiger charge is 2.38. The lowest BCUT2D eigenvalue weighted by molar-refractivity contribution is 0.243. The normalized spacial score (nSPS) is 33.5. The monoisotopic (exact) mass is 182 g/mol. The molecule has 0 amide bonds. The lowest BCUT2D eigenvalue weighted by atomic mass is 9.77. The van der Waals surface area contributed by atoms with E-state index in [0.29, 0.717) is 0 Å². The molecule has 1 heterocycles. The van der Waals surface area contributed by atoms with Crippen molar-refractivity contribution in [2.45, 2.75) is 19.3 Å². The van der Waals surface area contributed by atoms with Crippen molar-refractivity contribution in [2.75, 3.05) is 40.3 Å². The quantitative estimate of drug-likeness (QED) is 0.646. The molecule has 0 radical (unpaired) electrons. The second kappa shape index (κ2) is 3.97. The van der Waals surface area contributed by atoms with Crippen molar-refractivity contribution in [3.8, 4) is 0 Å². The standard InChI is InChI=1S/C11H22N2/c1-12(2)6-3-7-13-8-10-4-5-11(10)9-13/h10-11H,3-9H2,1-2H3. The molecule has 2 aliphatic rings. The van der Waals surface area contributed by atoms with Gasteiger partial charge in [-0.25, -0.2) is 0 Å². The van der Waals surface area contributed by atoms with Gasteiger partial charge < -0.3 is 9.80 Å². The van der Waals surface area contributed by atoms with Gasteiger partial charge in [-0.05, 0) is 58.3 Å². The summed E-state index contributed by atoms with van der Waals surface area (Å²) >= 11 is 0. The first kappa shape index (κ1) is 9.47. The fraction of sp³-hybridized carbons (Fsp3) is 1.00.